The van der Waals surface area contributed by atoms with Gasteiger partial charge in [0.1, 0.15) is 0 Å². The monoisotopic (exact) mass is 540 g/mol. The van der Waals surface area contributed by atoms with E-state index in [1.54, 1.807) is 7.11 Å². The maximum atomic E-state index is 6.82. The van der Waals surface area contributed by atoms with Gasteiger partial charge >= 0.3 is 0 Å². The fourth-order valence-corrected chi connectivity index (χ4v) is 6.88. The summed E-state index contributed by atoms with van der Waals surface area (Å²) in [6, 6.07) is 16.5. The summed E-state index contributed by atoms with van der Waals surface area (Å²) in [5.41, 5.74) is 12.2. The van der Waals surface area contributed by atoms with Crippen molar-refractivity contribution >= 4 is 0 Å². The topological polar surface area (TPSA) is 22.3 Å². The van der Waals surface area contributed by atoms with Crippen LogP contribution >= 0.6 is 0 Å². The predicted molar refractivity (Wildman–Crippen MR) is 168 cm³/mol. The molecule has 4 rings (SSSR count). The first-order chi connectivity index (χ1) is 19.2. The predicted octanol–water partition coefficient (Wildman–Crippen LogP) is 9.49. The summed E-state index contributed by atoms with van der Waals surface area (Å²) in [7, 11) is 1.72. The number of nitrogens with zero attached hydrogens (tertiary/aromatic N) is 1. The minimum atomic E-state index is -0.0807. The molecule has 3 heteroatoms. The molecular weight excluding hydrogens is 490 g/mol. The van der Waals surface area contributed by atoms with Crippen molar-refractivity contribution in [3.63, 3.8) is 0 Å². The van der Waals surface area contributed by atoms with Crippen molar-refractivity contribution in [3.8, 4) is 22.4 Å². The Morgan fingerprint density at radius 2 is 1.73 bits per heavy atom. The number of rotatable bonds is 10. The smallest absolute Gasteiger partial charge is 0.264 e. The molecule has 2 heterocycles. The lowest BCUT2D eigenvalue weighted by atomic mass is 9.71. The summed E-state index contributed by atoms with van der Waals surface area (Å²) < 4.78 is 14.6. The van der Waals surface area contributed by atoms with Crippen LogP contribution in [-0.2, 0) is 21.3 Å². The first kappa shape index (κ1) is 30.1. The standard InChI is InChI=1S/C37H50NO2/c1-10-13-16-30-20-26(5)35(27(6)21-30)31-17-18-33-32(23-31)36-25(4)15-14-19-38(36)34(24-37(33,11-2)12-3)40-29(8)22-28(7)39-9/h14-15,17-23,29,34H,10-13,16,24H2,1-9H3/q+1. The molecule has 2 unspecified atom stereocenters. The average Bonchev–Trinajstić information content (AvgIpc) is 3.04. The number of methoxy groups -OCH3 is 1. The quantitative estimate of drug-likeness (QED) is 0.189. The van der Waals surface area contributed by atoms with Crippen LogP contribution in [0.1, 0.15) is 101 Å². The van der Waals surface area contributed by atoms with Crippen molar-refractivity contribution in [3.05, 3.63) is 88.3 Å². The molecule has 0 spiro atoms. The molecule has 0 saturated heterocycles. The highest BCUT2D eigenvalue weighted by atomic mass is 16.5. The van der Waals surface area contributed by atoms with E-state index < -0.39 is 0 Å². The molecule has 1 aliphatic heterocycles. The first-order valence-electron chi connectivity index (χ1n) is 15.3. The molecule has 0 bridgehead atoms. The van der Waals surface area contributed by atoms with E-state index in [-0.39, 0.29) is 17.7 Å². The largest absolute Gasteiger partial charge is 0.502 e. The third-order valence-electron chi connectivity index (χ3n) is 9.16. The van der Waals surface area contributed by atoms with Gasteiger partial charge in [0, 0.05) is 23.5 Å². The molecule has 1 aromatic heterocycles. The van der Waals surface area contributed by atoms with Gasteiger partial charge in [0.05, 0.1) is 24.5 Å². The second-order valence-corrected chi connectivity index (χ2v) is 11.9. The highest BCUT2D eigenvalue weighted by Gasteiger charge is 2.44. The van der Waals surface area contributed by atoms with E-state index in [9.17, 15) is 0 Å². The van der Waals surface area contributed by atoms with Crippen LogP contribution in [0.15, 0.2) is 60.5 Å². The third kappa shape index (κ3) is 5.91. The lowest BCUT2D eigenvalue weighted by Crippen LogP contribution is -2.45. The number of aromatic nitrogens is 1. The molecule has 0 radical (unpaired) electrons. The van der Waals surface area contributed by atoms with E-state index in [0.717, 1.165) is 31.4 Å². The van der Waals surface area contributed by atoms with E-state index in [1.165, 1.54) is 63.0 Å². The van der Waals surface area contributed by atoms with Gasteiger partial charge in [-0.15, -0.1) is 0 Å². The molecule has 0 aliphatic carbocycles. The molecule has 2 atom stereocenters. The number of pyridine rings is 1. The van der Waals surface area contributed by atoms with E-state index in [2.05, 4.69) is 108 Å². The van der Waals surface area contributed by atoms with Crippen molar-refractivity contribution in [2.75, 3.05) is 7.11 Å². The lowest BCUT2D eigenvalue weighted by Gasteiger charge is -2.33. The molecule has 1 aliphatic rings. The van der Waals surface area contributed by atoms with Crippen molar-refractivity contribution in [2.45, 2.75) is 112 Å². The number of benzene rings is 2. The van der Waals surface area contributed by atoms with Crippen LogP contribution in [0.3, 0.4) is 0 Å². The molecule has 2 aromatic carbocycles. The van der Waals surface area contributed by atoms with E-state index >= 15 is 0 Å². The highest BCUT2D eigenvalue weighted by molar-refractivity contribution is 5.78. The minimum absolute atomic E-state index is 0.0187. The van der Waals surface area contributed by atoms with Gasteiger partial charge in [-0.3, -0.25) is 0 Å². The van der Waals surface area contributed by atoms with Crippen LogP contribution in [-0.4, -0.2) is 13.2 Å². The fraction of sp³-hybridized carbons (Fsp3) is 0.486. The Morgan fingerprint density at radius 3 is 2.35 bits per heavy atom. The van der Waals surface area contributed by atoms with Gasteiger partial charge in [-0.1, -0.05) is 51.5 Å². The number of ether oxygens (including phenoxy) is 2. The van der Waals surface area contributed by atoms with E-state index in [0.29, 0.717) is 0 Å². The van der Waals surface area contributed by atoms with Crippen molar-refractivity contribution in [2.24, 2.45) is 0 Å². The zero-order chi connectivity index (χ0) is 29.0. The minimum Gasteiger partial charge on any atom is -0.502 e. The van der Waals surface area contributed by atoms with Crippen LogP contribution in [0.4, 0.5) is 0 Å². The molecule has 214 valence electrons. The second kappa shape index (κ2) is 12.7. The first-order valence-corrected chi connectivity index (χ1v) is 15.3. The maximum absolute atomic E-state index is 6.82. The summed E-state index contributed by atoms with van der Waals surface area (Å²) in [6.45, 7) is 17.8. The van der Waals surface area contributed by atoms with Crippen molar-refractivity contribution < 1.29 is 14.0 Å². The normalized spacial score (nSPS) is 17.1. The Bertz CT molecular complexity index is 1340. The number of unbranched alkanes of at least 4 members (excludes halogenated alkanes) is 1. The van der Waals surface area contributed by atoms with Gasteiger partial charge in [-0.25, -0.2) is 0 Å². The van der Waals surface area contributed by atoms with E-state index in [4.69, 9.17) is 9.47 Å². The summed E-state index contributed by atoms with van der Waals surface area (Å²) in [5.74, 6) is 0.882. The summed E-state index contributed by atoms with van der Waals surface area (Å²) in [4.78, 5) is 0. The van der Waals surface area contributed by atoms with Gasteiger partial charge in [-0.2, -0.15) is 4.57 Å². The molecule has 40 heavy (non-hydrogen) atoms. The Morgan fingerprint density at radius 1 is 1.02 bits per heavy atom. The zero-order valence-corrected chi connectivity index (χ0v) is 26.4. The molecule has 0 fully saturated rings. The average molecular weight is 541 g/mol. The Kier molecular flexibility index (Phi) is 9.56. The Balaban J connectivity index is 1.91. The van der Waals surface area contributed by atoms with Crippen molar-refractivity contribution in [1.29, 1.82) is 0 Å². The fourth-order valence-electron chi connectivity index (χ4n) is 6.88. The van der Waals surface area contributed by atoms with Gasteiger partial charge < -0.3 is 9.47 Å². The number of aryl methyl sites for hydroxylation is 4. The molecule has 3 nitrogen and oxygen atoms in total. The summed E-state index contributed by atoms with van der Waals surface area (Å²) in [5, 5.41) is 0. The summed E-state index contributed by atoms with van der Waals surface area (Å²) >= 11 is 0. The van der Waals surface area contributed by atoms with Crippen molar-refractivity contribution in [1.82, 2.24) is 0 Å². The van der Waals surface area contributed by atoms with Crippen LogP contribution in [0.5, 0.6) is 0 Å². The van der Waals surface area contributed by atoms with Gasteiger partial charge in [0.25, 0.3) is 6.23 Å². The third-order valence-corrected chi connectivity index (χ3v) is 9.16. The highest BCUT2D eigenvalue weighted by Crippen LogP contribution is 2.47. The number of allylic oxidation sites excluding steroid dienone is 1. The molecule has 3 aromatic rings. The van der Waals surface area contributed by atoms with Crippen LogP contribution in [0.25, 0.3) is 22.4 Å². The number of hydrogen-bond donors (Lipinski definition) is 0. The Hall–Kier alpha value is -2.91. The molecule has 0 saturated carbocycles. The second-order valence-electron chi connectivity index (χ2n) is 11.9. The van der Waals surface area contributed by atoms with E-state index in [1.807, 2.05) is 6.92 Å². The van der Waals surface area contributed by atoms with Crippen LogP contribution in [0.2, 0.25) is 0 Å². The van der Waals surface area contributed by atoms with Gasteiger partial charge in [0.15, 0.2) is 6.20 Å². The SMILES string of the molecule is CCCCc1cc(C)c(-c2ccc3c(c2)-c2c(C)ccc[n+]2C(OC(C)C=C(C)OC)CC3(CC)CC)c(C)c1. The molecule has 0 amide bonds. The summed E-state index contributed by atoms with van der Waals surface area (Å²) in [6.07, 6.45) is 10.8. The number of fused-ring (bicyclic) bond motifs is 3. The lowest BCUT2D eigenvalue weighted by molar-refractivity contribution is -0.756. The van der Waals surface area contributed by atoms with Crippen LogP contribution < -0.4 is 4.57 Å². The maximum Gasteiger partial charge on any atom is 0.264 e. The zero-order valence-electron chi connectivity index (χ0n) is 26.4. The van der Waals surface area contributed by atoms with Crippen LogP contribution in [0, 0.1) is 20.8 Å². The number of hydrogen-bond acceptors (Lipinski definition) is 2. The van der Waals surface area contributed by atoms with Gasteiger partial charge in [0.2, 0.25) is 5.69 Å². The Labute approximate surface area is 243 Å². The van der Waals surface area contributed by atoms with Gasteiger partial charge in [-0.05, 0) is 112 Å². The molecular formula is C37H50NO2+. The molecule has 0 N–H and O–H groups in total.